The molecule has 0 saturated carbocycles. The van der Waals surface area contributed by atoms with Crippen LogP contribution in [-0.4, -0.2) is 47.5 Å². The predicted molar refractivity (Wildman–Crippen MR) is 130 cm³/mol. The maximum Gasteiger partial charge on any atom is 0.411 e. The molecule has 0 spiro atoms. The second kappa shape index (κ2) is 11.5. The van der Waals surface area contributed by atoms with E-state index in [0.717, 1.165) is 36.3 Å². The fourth-order valence-electron chi connectivity index (χ4n) is 3.17. The van der Waals surface area contributed by atoms with E-state index >= 15 is 0 Å². The van der Waals surface area contributed by atoms with Gasteiger partial charge in [0.15, 0.2) is 0 Å². The summed E-state index contributed by atoms with van der Waals surface area (Å²) in [5.41, 5.74) is 9.66. The van der Waals surface area contributed by atoms with Gasteiger partial charge in [-0.25, -0.2) is 9.80 Å². The first kappa shape index (κ1) is 23.6. The van der Waals surface area contributed by atoms with Crippen molar-refractivity contribution >= 4 is 40.2 Å². The average Bonchev–Trinajstić information content (AvgIpc) is 2.79. The molecule has 170 valence electrons. The Labute approximate surface area is 192 Å². The SMILES string of the molecule is CCNCCCOC(=O)Nc1cccc(C(C)N2N=C(c3ccc(N)cc3)CSC2=O)c1. The van der Waals surface area contributed by atoms with E-state index in [2.05, 4.69) is 15.7 Å². The monoisotopic (exact) mass is 455 g/mol. The molecule has 2 aromatic rings. The predicted octanol–water partition coefficient (Wildman–Crippen LogP) is 4.45. The second-order valence-corrected chi connectivity index (χ2v) is 8.26. The smallest absolute Gasteiger partial charge is 0.411 e. The van der Waals surface area contributed by atoms with Crippen LogP contribution in [0.2, 0.25) is 0 Å². The minimum absolute atomic E-state index is 0.116. The van der Waals surface area contributed by atoms with Crippen LogP contribution in [0.15, 0.2) is 53.6 Å². The highest BCUT2D eigenvalue weighted by Gasteiger charge is 2.27. The van der Waals surface area contributed by atoms with Crippen molar-refractivity contribution in [2.24, 2.45) is 5.10 Å². The highest BCUT2D eigenvalue weighted by atomic mass is 32.2. The number of nitrogens with one attached hydrogen (secondary N) is 2. The summed E-state index contributed by atoms with van der Waals surface area (Å²) in [6, 6.07) is 14.5. The molecule has 0 aliphatic carbocycles. The van der Waals surface area contributed by atoms with E-state index in [-0.39, 0.29) is 11.3 Å². The summed E-state index contributed by atoms with van der Waals surface area (Å²) in [5.74, 6) is 0.507. The first-order chi connectivity index (χ1) is 15.5. The van der Waals surface area contributed by atoms with Crippen molar-refractivity contribution in [1.82, 2.24) is 10.3 Å². The van der Waals surface area contributed by atoms with E-state index in [1.165, 1.54) is 16.8 Å². The van der Waals surface area contributed by atoms with Crippen molar-refractivity contribution in [3.63, 3.8) is 0 Å². The maximum absolute atomic E-state index is 12.6. The Bertz CT molecular complexity index is 964. The highest BCUT2D eigenvalue weighted by molar-refractivity contribution is 8.14. The fourth-order valence-corrected chi connectivity index (χ4v) is 3.98. The summed E-state index contributed by atoms with van der Waals surface area (Å²) in [5, 5.41) is 11.9. The number of anilines is 2. The number of benzene rings is 2. The van der Waals surface area contributed by atoms with Gasteiger partial charge in [-0.1, -0.05) is 43.0 Å². The number of carbonyl (C=O) groups excluding carboxylic acids is 2. The molecule has 2 aromatic carbocycles. The Morgan fingerprint density at radius 3 is 2.81 bits per heavy atom. The molecule has 8 nitrogen and oxygen atoms in total. The molecule has 1 heterocycles. The van der Waals surface area contributed by atoms with Crippen molar-refractivity contribution in [3.05, 3.63) is 59.7 Å². The van der Waals surface area contributed by atoms with Gasteiger partial charge in [-0.05, 0) is 61.8 Å². The number of hydrogen-bond donors (Lipinski definition) is 3. The van der Waals surface area contributed by atoms with Crippen LogP contribution in [0, 0.1) is 0 Å². The molecule has 32 heavy (non-hydrogen) atoms. The van der Waals surface area contributed by atoms with Crippen LogP contribution >= 0.6 is 11.8 Å². The summed E-state index contributed by atoms with van der Waals surface area (Å²) in [7, 11) is 0. The Hall–Kier alpha value is -3.04. The molecule has 0 bridgehead atoms. The average molecular weight is 456 g/mol. The Morgan fingerprint density at radius 1 is 1.28 bits per heavy atom. The highest BCUT2D eigenvalue weighted by Crippen LogP contribution is 2.30. The third-order valence-corrected chi connectivity index (χ3v) is 5.81. The molecule has 4 N–H and O–H groups in total. The standard InChI is InChI=1S/C23H29N5O3S/c1-3-25-12-5-13-31-22(29)26-20-7-4-6-18(14-20)16(2)28-23(30)32-15-21(27-28)17-8-10-19(24)11-9-17/h4,6-11,14,16,25H,3,5,12-13,15,24H2,1-2H3,(H,26,29). The summed E-state index contributed by atoms with van der Waals surface area (Å²) in [6.45, 7) is 5.98. The molecule has 1 atom stereocenters. The van der Waals surface area contributed by atoms with E-state index in [0.29, 0.717) is 23.7 Å². The lowest BCUT2D eigenvalue weighted by Gasteiger charge is -2.29. The summed E-state index contributed by atoms with van der Waals surface area (Å²) < 4.78 is 5.21. The van der Waals surface area contributed by atoms with Gasteiger partial charge in [0, 0.05) is 17.1 Å². The van der Waals surface area contributed by atoms with Gasteiger partial charge in [-0.3, -0.25) is 10.1 Å². The topological polar surface area (TPSA) is 109 Å². The van der Waals surface area contributed by atoms with Crippen molar-refractivity contribution < 1.29 is 14.3 Å². The molecule has 0 aromatic heterocycles. The number of ether oxygens (including phenoxy) is 1. The molecule has 1 aliphatic rings. The molecule has 0 fully saturated rings. The van der Waals surface area contributed by atoms with Gasteiger partial charge in [0.1, 0.15) is 0 Å². The zero-order valence-corrected chi connectivity index (χ0v) is 19.2. The second-order valence-electron chi connectivity index (χ2n) is 7.34. The Balaban J connectivity index is 1.66. The number of nitrogens with two attached hydrogens (primary N) is 1. The molecule has 0 saturated heterocycles. The third-order valence-electron chi connectivity index (χ3n) is 4.96. The molecule has 1 unspecified atom stereocenters. The van der Waals surface area contributed by atoms with E-state index in [1.807, 2.05) is 56.3 Å². The molecular formula is C23H29N5O3S. The van der Waals surface area contributed by atoms with Gasteiger partial charge < -0.3 is 15.8 Å². The minimum atomic E-state index is -0.500. The number of rotatable bonds is 9. The van der Waals surface area contributed by atoms with Crippen LogP contribution in [0.4, 0.5) is 21.0 Å². The van der Waals surface area contributed by atoms with E-state index in [9.17, 15) is 9.59 Å². The summed E-state index contributed by atoms with van der Waals surface area (Å²) >= 11 is 1.22. The molecule has 0 radical (unpaired) electrons. The van der Waals surface area contributed by atoms with Crippen molar-refractivity contribution in [1.29, 1.82) is 0 Å². The lowest BCUT2D eigenvalue weighted by atomic mass is 10.1. The number of amides is 2. The Morgan fingerprint density at radius 2 is 2.06 bits per heavy atom. The quantitative estimate of drug-likeness (QED) is 0.381. The van der Waals surface area contributed by atoms with E-state index in [4.69, 9.17) is 10.5 Å². The molecule has 9 heteroatoms. The number of nitrogens with zero attached hydrogens (tertiary/aromatic N) is 2. The van der Waals surface area contributed by atoms with Gasteiger partial charge in [0.05, 0.1) is 18.4 Å². The Kier molecular flexibility index (Phi) is 8.52. The van der Waals surface area contributed by atoms with Crippen molar-refractivity contribution in [2.45, 2.75) is 26.3 Å². The first-order valence-electron chi connectivity index (χ1n) is 10.6. The lowest BCUT2D eigenvalue weighted by Crippen LogP contribution is -2.32. The number of carbonyl (C=O) groups is 2. The zero-order valence-electron chi connectivity index (χ0n) is 18.3. The van der Waals surface area contributed by atoms with E-state index < -0.39 is 6.09 Å². The van der Waals surface area contributed by atoms with Crippen LogP contribution in [0.3, 0.4) is 0 Å². The molecular weight excluding hydrogens is 426 g/mol. The van der Waals surface area contributed by atoms with Gasteiger partial charge in [0.2, 0.25) is 0 Å². The molecule has 2 amide bonds. The number of nitrogen functional groups attached to an aromatic ring is 1. The van der Waals surface area contributed by atoms with Gasteiger partial charge in [-0.15, -0.1) is 0 Å². The minimum Gasteiger partial charge on any atom is -0.449 e. The van der Waals surface area contributed by atoms with Crippen LogP contribution in [0.1, 0.15) is 37.4 Å². The zero-order chi connectivity index (χ0) is 22.9. The van der Waals surface area contributed by atoms with Gasteiger partial charge in [-0.2, -0.15) is 5.10 Å². The number of hydrogen-bond acceptors (Lipinski definition) is 7. The number of thioether (sulfide) groups is 1. The van der Waals surface area contributed by atoms with Gasteiger partial charge in [0.25, 0.3) is 0 Å². The van der Waals surface area contributed by atoms with Crippen LogP contribution in [-0.2, 0) is 4.74 Å². The number of hydrazone groups is 1. The van der Waals surface area contributed by atoms with Crippen LogP contribution < -0.4 is 16.4 Å². The molecule has 3 rings (SSSR count). The maximum atomic E-state index is 12.6. The normalized spacial score (nSPS) is 14.6. The molecule has 1 aliphatic heterocycles. The lowest BCUT2D eigenvalue weighted by molar-refractivity contribution is 0.160. The summed E-state index contributed by atoms with van der Waals surface area (Å²) in [6.07, 6.45) is 0.251. The van der Waals surface area contributed by atoms with Crippen LogP contribution in [0.25, 0.3) is 0 Å². The van der Waals surface area contributed by atoms with Crippen molar-refractivity contribution in [3.8, 4) is 0 Å². The summed E-state index contributed by atoms with van der Waals surface area (Å²) in [4.78, 5) is 24.6. The van der Waals surface area contributed by atoms with Crippen molar-refractivity contribution in [2.75, 3.05) is 36.5 Å². The first-order valence-corrected chi connectivity index (χ1v) is 11.6. The largest absolute Gasteiger partial charge is 0.449 e. The fraction of sp³-hybridized carbons (Fsp3) is 0.348. The van der Waals surface area contributed by atoms with Gasteiger partial charge >= 0.3 is 11.3 Å². The van der Waals surface area contributed by atoms with E-state index in [1.54, 1.807) is 6.07 Å². The third kappa shape index (κ3) is 6.48. The van der Waals surface area contributed by atoms with Crippen LogP contribution in [0.5, 0.6) is 0 Å².